The maximum atomic E-state index is 11.9. The van der Waals surface area contributed by atoms with Gasteiger partial charge in [-0.3, -0.25) is 10.1 Å². The van der Waals surface area contributed by atoms with E-state index in [1.54, 1.807) is 6.07 Å². The van der Waals surface area contributed by atoms with Crippen LogP contribution in [0.1, 0.15) is 20.7 Å². The van der Waals surface area contributed by atoms with Crippen LogP contribution in [0, 0.1) is 10.1 Å². The molecule has 0 spiro atoms. The number of ether oxygens (including phenoxy) is 2. The average molecular weight is 315 g/mol. The zero-order valence-corrected chi connectivity index (χ0v) is 12.4. The van der Waals surface area contributed by atoms with Crippen LogP contribution in [0.3, 0.4) is 0 Å². The number of nitro groups is 1. The van der Waals surface area contributed by atoms with Crippen molar-refractivity contribution in [1.82, 2.24) is 0 Å². The van der Waals surface area contributed by atoms with E-state index in [9.17, 15) is 19.7 Å². The molecule has 0 atom stereocenters. The monoisotopic (exact) mass is 315 g/mol. The highest BCUT2D eigenvalue weighted by atomic mass is 16.6. The Hall–Kier alpha value is -3.22. The molecular formula is C16H13NO6. The van der Waals surface area contributed by atoms with E-state index in [4.69, 9.17) is 4.74 Å². The molecule has 7 nitrogen and oxygen atoms in total. The highest BCUT2D eigenvalue weighted by Crippen LogP contribution is 2.33. The number of carbonyl (C=O) groups is 2. The number of benzene rings is 2. The summed E-state index contributed by atoms with van der Waals surface area (Å²) in [4.78, 5) is 34.3. The van der Waals surface area contributed by atoms with E-state index in [1.165, 1.54) is 50.6 Å². The second-order valence-corrected chi connectivity index (χ2v) is 4.52. The van der Waals surface area contributed by atoms with Gasteiger partial charge in [-0.25, -0.2) is 9.59 Å². The molecule has 0 fully saturated rings. The minimum atomic E-state index is -0.658. The summed E-state index contributed by atoms with van der Waals surface area (Å²) in [5.41, 5.74) is 0.554. The topological polar surface area (TPSA) is 95.7 Å². The first-order valence-electron chi connectivity index (χ1n) is 6.54. The van der Waals surface area contributed by atoms with Crippen LogP contribution < -0.4 is 0 Å². The van der Waals surface area contributed by atoms with Gasteiger partial charge in [0.1, 0.15) is 0 Å². The second kappa shape index (κ2) is 6.69. The van der Waals surface area contributed by atoms with Crippen LogP contribution in [0.4, 0.5) is 5.69 Å². The van der Waals surface area contributed by atoms with Crippen molar-refractivity contribution in [2.75, 3.05) is 14.2 Å². The molecule has 0 saturated carbocycles. The summed E-state index contributed by atoms with van der Waals surface area (Å²) < 4.78 is 9.34. The zero-order chi connectivity index (χ0) is 17.0. The number of rotatable bonds is 4. The zero-order valence-electron chi connectivity index (χ0n) is 12.4. The van der Waals surface area contributed by atoms with Crippen molar-refractivity contribution in [3.05, 3.63) is 63.7 Å². The highest BCUT2D eigenvalue weighted by molar-refractivity contribution is 6.01. The van der Waals surface area contributed by atoms with Crippen LogP contribution in [0.5, 0.6) is 0 Å². The van der Waals surface area contributed by atoms with Crippen molar-refractivity contribution in [2.45, 2.75) is 0 Å². The van der Waals surface area contributed by atoms with Crippen molar-refractivity contribution >= 4 is 17.6 Å². The third-order valence-electron chi connectivity index (χ3n) is 3.24. The molecule has 0 saturated heterocycles. The van der Waals surface area contributed by atoms with Gasteiger partial charge in [0.05, 0.1) is 35.8 Å². The number of esters is 2. The van der Waals surface area contributed by atoms with Gasteiger partial charge in [0.25, 0.3) is 5.69 Å². The van der Waals surface area contributed by atoms with Crippen molar-refractivity contribution in [2.24, 2.45) is 0 Å². The summed E-state index contributed by atoms with van der Waals surface area (Å²) in [5.74, 6) is -1.27. The standard InChI is InChI=1S/C16H13NO6/c1-22-15(18)10-7-8-12(16(19)23-2)13(9-10)11-5-3-4-6-14(11)17(20)21/h3-9H,1-2H3. The molecule has 0 aromatic heterocycles. The normalized spacial score (nSPS) is 10.0. The van der Waals surface area contributed by atoms with Gasteiger partial charge in [-0.15, -0.1) is 0 Å². The molecule has 2 rings (SSSR count). The third kappa shape index (κ3) is 3.18. The molecule has 0 aliphatic carbocycles. The smallest absolute Gasteiger partial charge is 0.338 e. The molecule has 0 aliphatic rings. The fourth-order valence-corrected chi connectivity index (χ4v) is 2.16. The van der Waals surface area contributed by atoms with E-state index in [0.29, 0.717) is 0 Å². The summed E-state index contributed by atoms with van der Waals surface area (Å²) in [6.45, 7) is 0. The van der Waals surface area contributed by atoms with Gasteiger partial charge in [0, 0.05) is 11.6 Å². The molecule has 0 N–H and O–H groups in total. The maximum absolute atomic E-state index is 11.9. The van der Waals surface area contributed by atoms with Gasteiger partial charge in [0.15, 0.2) is 0 Å². The highest BCUT2D eigenvalue weighted by Gasteiger charge is 2.22. The van der Waals surface area contributed by atoms with Crippen LogP contribution in [0.15, 0.2) is 42.5 Å². The maximum Gasteiger partial charge on any atom is 0.338 e. The van der Waals surface area contributed by atoms with Gasteiger partial charge in [-0.1, -0.05) is 12.1 Å². The largest absolute Gasteiger partial charge is 0.465 e. The van der Waals surface area contributed by atoms with Crippen molar-refractivity contribution < 1.29 is 24.0 Å². The van der Waals surface area contributed by atoms with Gasteiger partial charge in [-0.05, 0) is 24.3 Å². The molecule has 2 aromatic carbocycles. The Bertz CT molecular complexity index is 784. The van der Waals surface area contributed by atoms with Crippen LogP contribution in [-0.2, 0) is 9.47 Å². The average Bonchev–Trinajstić information content (AvgIpc) is 2.59. The lowest BCUT2D eigenvalue weighted by Gasteiger charge is -2.10. The van der Waals surface area contributed by atoms with E-state index in [2.05, 4.69) is 4.74 Å². The molecule has 0 bridgehead atoms. The minimum absolute atomic E-state index is 0.120. The van der Waals surface area contributed by atoms with Gasteiger partial charge in [0.2, 0.25) is 0 Å². The van der Waals surface area contributed by atoms with Crippen LogP contribution in [0.2, 0.25) is 0 Å². The molecule has 0 radical (unpaired) electrons. The predicted octanol–water partition coefficient (Wildman–Crippen LogP) is 2.84. The van der Waals surface area contributed by atoms with E-state index in [1.807, 2.05) is 0 Å². The first kappa shape index (κ1) is 16.2. The number of hydrogen-bond donors (Lipinski definition) is 0. The summed E-state index contributed by atoms with van der Waals surface area (Å²) in [7, 11) is 2.43. The molecule has 23 heavy (non-hydrogen) atoms. The molecular weight excluding hydrogens is 302 g/mol. The molecule has 0 amide bonds. The Morgan fingerprint density at radius 2 is 1.61 bits per heavy atom. The van der Waals surface area contributed by atoms with Crippen molar-refractivity contribution in [3.8, 4) is 11.1 Å². The lowest BCUT2D eigenvalue weighted by Crippen LogP contribution is -2.08. The molecule has 7 heteroatoms. The van der Waals surface area contributed by atoms with Crippen molar-refractivity contribution in [1.29, 1.82) is 0 Å². The Morgan fingerprint density at radius 1 is 0.957 bits per heavy atom. The van der Waals surface area contributed by atoms with Crippen LogP contribution in [0.25, 0.3) is 11.1 Å². The van der Waals surface area contributed by atoms with E-state index in [0.717, 1.165) is 0 Å². The van der Waals surface area contributed by atoms with Crippen LogP contribution >= 0.6 is 0 Å². The van der Waals surface area contributed by atoms with E-state index < -0.39 is 16.9 Å². The fraction of sp³-hybridized carbons (Fsp3) is 0.125. The lowest BCUT2D eigenvalue weighted by molar-refractivity contribution is -0.384. The second-order valence-electron chi connectivity index (χ2n) is 4.52. The quantitative estimate of drug-likeness (QED) is 0.489. The number of nitro benzene ring substituents is 1. The fourth-order valence-electron chi connectivity index (χ4n) is 2.16. The Kier molecular flexibility index (Phi) is 4.70. The number of carbonyl (C=O) groups excluding carboxylic acids is 2. The van der Waals surface area contributed by atoms with Gasteiger partial charge >= 0.3 is 11.9 Å². The summed E-state index contributed by atoms with van der Waals surface area (Å²) in [6.07, 6.45) is 0. The Labute approximate surface area is 131 Å². The van der Waals surface area contributed by atoms with Crippen LogP contribution in [-0.4, -0.2) is 31.1 Å². The van der Waals surface area contributed by atoms with E-state index >= 15 is 0 Å². The minimum Gasteiger partial charge on any atom is -0.465 e. The summed E-state index contributed by atoms with van der Waals surface area (Å²) in [5, 5.41) is 11.2. The SMILES string of the molecule is COC(=O)c1ccc(C(=O)OC)c(-c2ccccc2[N+](=O)[O-])c1. The lowest BCUT2D eigenvalue weighted by atomic mass is 9.96. The summed E-state index contributed by atoms with van der Waals surface area (Å²) in [6, 6.07) is 10.1. The Morgan fingerprint density at radius 3 is 2.22 bits per heavy atom. The molecule has 0 aliphatic heterocycles. The first-order chi connectivity index (χ1) is 11.0. The Balaban J connectivity index is 2.74. The van der Waals surface area contributed by atoms with E-state index in [-0.39, 0.29) is 27.9 Å². The third-order valence-corrected chi connectivity index (χ3v) is 3.24. The number of methoxy groups -OCH3 is 2. The van der Waals surface area contributed by atoms with Gasteiger partial charge in [-0.2, -0.15) is 0 Å². The number of hydrogen-bond acceptors (Lipinski definition) is 6. The molecule has 0 unspecified atom stereocenters. The van der Waals surface area contributed by atoms with Gasteiger partial charge < -0.3 is 9.47 Å². The van der Waals surface area contributed by atoms with Crippen molar-refractivity contribution in [3.63, 3.8) is 0 Å². The number of para-hydroxylation sites is 1. The summed E-state index contributed by atoms with van der Waals surface area (Å²) >= 11 is 0. The first-order valence-corrected chi connectivity index (χ1v) is 6.54. The molecule has 2 aromatic rings. The predicted molar refractivity (Wildman–Crippen MR) is 81.2 cm³/mol. The number of nitrogens with zero attached hydrogens (tertiary/aromatic N) is 1. The molecule has 0 heterocycles. The molecule has 118 valence electrons.